The van der Waals surface area contributed by atoms with Crippen LogP contribution in [0, 0.1) is 5.92 Å². The maximum absolute atomic E-state index is 10.7. The summed E-state index contributed by atoms with van der Waals surface area (Å²) in [4.78, 5) is 26.1. The number of hydrogen-bond acceptors (Lipinski definition) is 7. The molecule has 1 aliphatic heterocycles. The van der Waals surface area contributed by atoms with Crippen LogP contribution < -0.4 is 0 Å². The van der Waals surface area contributed by atoms with E-state index in [0.717, 1.165) is 0 Å². The number of ether oxygens (including phenoxy) is 2. The molecule has 0 atom stereocenters. The molecule has 9 nitrogen and oxygen atoms in total. The first-order chi connectivity index (χ1) is 9.13. The number of nitrogens with zero attached hydrogens (tertiary/aromatic N) is 3. The molecule has 0 amide bonds. The minimum atomic E-state index is -0.833. The fraction of sp³-hybridized carbons (Fsp3) is 0.800. The molecule has 0 radical (unpaired) electrons. The molecule has 0 aromatic heterocycles. The fourth-order valence-corrected chi connectivity index (χ4v) is 1.54. The van der Waals surface area contributed by atoms with E-state index < -0.39 is 12.1 Å². The Labute approximate surface area is 110 Å². The Bertz CT molecular complexity index is 327. The van der Waals surface area contributed by atoms with Crippen molar-refractivity contribution in [2.75, 3.05) is 26.5 Å². The van der Waals surface area contributed by atoms with E-state index in [9.17, 15) is 9.59 Å². The Morgan fingerprint density at radius 2 is 2.00 bits per heavy atom. The summed E-state index contributed by atoms with van der Waals surface area (Å²) in [6.45, 7) is 2.50. The molecule has 1 heterocycles. The minimum Gasteiger partial charge on any atom is -0.481 e. The summed E-state index contributed by atoms with van der Waals surface area (Å²) in [5, 5.41) is 17.5. The number of carboxylic acids is 1. The number of carbonyl (C=O) groups excluding carboxylic acids is 1. The van der Waals surface area contributed by atoms with Crippen molar-refractivity contribution < 1.29 is 29.0 Å². The fourth-order valence-electron chi connectivity index (χ4n) is 1.54. The van der Waals surface area contributed by atoms with Gasteiger partial charge in [0.2, 0.25) is 0 Å². The molecule has 108 valence electrons. The summed E-state index contributed by atoms with van der Waals surface area (Å²) >= 11 is 0. The average molecular weight is 275 g/mol. The highest BCUT2D eigenvalue weighted by Crippen LogP contribution is 2.17. The Balaban J connectivity index is 2.10. The van der Waals surface area contributed by atoms with E-state index in [0.29, 0.717) is 25.9 Å². The van der Waals surface area contributed by atoms with Crippen LogP contribution in [0.15, 0.2) is 10.5 Å². The van der Waals surface area contributed by atoms with E-state index in [1.807, 2.05) is 0 Å². The molecular formula is C10H17N3O6. The maximum atomic E-state index is 10.7. The van der Waals surface area contributed by atoms with Crippen LogP contribution in [0.2, 0.25) is 0 Å². The van der Waals surface area contributed by atoms with Gasteiger partial charge >= 0.3 is 12.1 Å². The first-order valence-electron chi connectivity index (χ1n) is 5.93. The molecule has 1 saturated heterocycles. The van der Waals surface area contributed by atoms with E-state index >= 15 is 0 Å². The first-order valence-corrected chi connectivity index (χ1v) is 5.93. The second kappa shape index (κ2) is 8.11. The zero-order valence-electron chi connectivity index (χ0n) is 10.7. The van der Waals surface area contributed by atoms with E-state index in [4.69, 9.17) is 5.11 Å². The van der Waals surface area contributed by atoms with Crippen molar-refractivity contribution in [3.05, 3.63) is 0 Å². The quantitative estimate of drug-likeness (QED) is 0.255. The van der Waals surface area contributed by atoms with Gasteiger partial charge in [0.05, 0.1) is 12.5 Å². The van der Waals surface area contributed by atoms with E-state index in [2.05, 4.69) is 24.8 Å². The van der Waals surface area contributed by atoms with Crippen LogP contribution in [0.4, 0.5) is 4.79 Å². The molecule has 0 aliphatic carbocycles. The number of aliphatic carboxylic acids is 1. The number of carbonyl (C=O) groups is 2. The largest absolute Gasteiger partial charge is 0.511 e. The number of piperidine rings is 1. The van der Waals surface area contributed by atoms with Gasteiger partial charge < -0.3 is 19.4 Å². The second-order valence-electron chi connectivity index (χ2n) is 3.81. The van der Waals surface area contributed by atoms with Crippen molar-refractivity contribution in [1.82, 2.24) is 5.01 Å². The van der Waals surface area contributed by atoms with Crippen molar-refractivity contribution in [2.24, 2.45) is 16.4 Å². The van der Waals surface area contributed by atoms with E-state index in [-0.39, 0.29) is 19.3 Å². The zero-order valence-corrected chi connectivity index (χ0v) is 10.7. The molecule has 1 N–H and O–H groups in total. The number of carboxylic acid groups (broad SMARTS) is 1. The summed E-state index contributed by atoms with van der Waals surface area (Å²) in [7, 11) is 0. The van der Waals surface area contributed by atoms with Crippen LogP contribution in [0.25, 0.3) is 0 Å². The average Bonchev–Trinajstić information content (AvgIpc) is 2.39. The van der Waals surface area contributed by atoms with E-state index in [1.54, 1.807) is 11.9 Å². The SMILES string of the molecule is CCOC(=O)OCON=NN1CCC(C(=O)O)CC1. The lowest BCUT2D eigenvalue weighted by molar-refractivity contribution is -0.143. The maximum Gasteiger partial charge on any atom is 0.511 e. The Morgan fingerprint density at radius 1 is 1.32 bits per heavy atom. The third kappa shape index (κ3) is 5.89. The van der Waals surface area contributed by atoms with E-state index in [1.165, 1.54) is 0 Å². The number of rotatable bonds is 6. The lowest BCUT2D eigenvalue weighted by atomic mass is 9.98. The van der Waals surface area contributed by atoms with Gasteiger partial charge in [0, 0.05) is 18.4 Å². The zero-order chi connectivity index (χ0) is 14.1. The van der Waals surface area contributed by atoms with Crippen molar-refractivity contribution in [3.8, 4) is 0 Å². The second-order valence-corrected chi connectivity index (χ2v) is 3.81. The summed E-state index contributed by atoms with van der Waals surface area (Å²) in [6.07, 6.45) is 0.210. The lowest BCUT2D eigenvalue weighted by Crippen LogP contribution is -2.32. The van der Waals surface area contributed by atoms with Gasteiger partial charge in [-0.3, -0.25) is 9.80 Å². The Morgan fingerprint density at radius 3 is 2.58 bits per heavy atom. The van der Waals surface area contributed by atoms with Crippen LogP contribution in [0.1, 0.15) is 19.8 Å². The molecule has 0 bridgehead atoms. The molecule has 1 rings (SSSR count). The van der Waals surface area contributed by atoms with Crippen molar-refractivity contribution in [2.45, 2.75) is 19.8 Å². The smallest absolute Gasteiger partial charge is 0.481 e. The number of hydrogen-bond donors (Lipinski definition) is 1. The highest BCUT2D eigenvalue weighted by Gasteiger charge is 2.23. The van der Waals surface area contributed by atoms with Crippen molar-refractivity contribution in [3.63, 3.8) is 0 Å². The van der Waals surface area contributed by atoms with Gasteiger partial charge in [-0.2, -0.15) is 0 Å². The monoisotopic (exact) mass is 275 g/mol. The molecule has 9 heteroatoms. The third-order valence-electron chi connectivity index (χ3n) is 2.53. The predicted molar refractivity (Wildman–Crippen MR) is 60.8 cm³/mol. The van der Waals surface area contributed by atoms with Crippen molar-refractivity contribution >= 4 is 12.1 Å². The van der Waals surface area contributed by atoms with Crippen LogP contribution >= 0.6 is 0 Å². The first kappa shape index (κ1) is 15.0. The van der Waals surface area contributed by atoms with Gasteiger partial charge in [-0.25, -0.2) is 4.79 Å². The summed E-state index contributed by atoms with van der Waals surface area (Å²) in [5.74, 6) is -1.10. The summed E-state index contributed by atoms with van der Waals surface area (Å²) < 4.78 is 8.98. The summed E-state index contributed by atoms with van der Waals surface area (Å²) in [6, 6.07) is 0. The van der Waals surface area contributed by atoms with Crippen LogP contribution in [0.3, 0.4) is 0 Å². The molecule has 0 spiro atoms. The van der Waals surface area contributed by atoms with Gasteiger partial charge in [-0.05, 0) is 25.0 Å². The van der Waals surface area contributed by atoms with Gasteiger partial charge in [0.25, 0.3) is 6.79 Å². The highest BCUT2D eigenvalue weighted by molar-refractivity contribution is 5.70. The highest BCUT2D eigenvalue weighted by atomic mass is 16.8. The normalized spacial score (nSPS) is 16.4. The Hall–Kier alpha value is -2.06. The molecule has 0 unspecified atom stereocenters. The van der Waals surface area contributed by atoms with Crippen LogP contribution in [-0.2, 0) is 19.1 Å². The predicted octanol–water partition coefficient (Wildman–Crippen LogP) is 1.21. The molecule has 1 fully saturated rings. The standard InChI is InChI=1S/C10H17N3O6/c1-2-17-10(16)18-7-19-12-11-13-5-3-8(4-6-13)9(14)15/h8H,2-7H2,1H3,(H,14,15). The molecule has 1 aliphatic rings. The van der Waals surface area contributed by atoms with Crippen molar-refractivity contribution in [1.29, 1.82) is 0 Å². The van der Waals surface area contributed by atoms with Gasteiger partial charge in [0.1, 0.15) is 0 Å². The topological polar surface area (TPSA) is 110 Å². The molecule has 0 saturated carbocycles. The van der Waals surface area contributed by atoms with Crippen LogP contribution in [0.5, 0.6) is 0 Å². The van der Waals surface area contributed by atoms with Crippen LogP contribution in [-0.4, -0.2) is 48.7 Å². The Kier molecular flexibility index (Phi) is 6.41. The molecule has 0 aromatic rings. The minimum absolute atomic E-state index is 0.221. The van der Waals surface area contributed by atoms with Gasteiger partial charge in [-0.15, -0.1) is 0 Å². The molecular weight excluding hydrogens is 258 g/mol. The lowest BCUT2D eigenvalue weighted by Gasteiger charge is -2.25. The van der Waals surface area contributed by atoms with Gasteiger partial charge in [0.15, 0.2) is 0 Å². The summed E-state index contributed by atoms with van der Waals surface area (Å²) in [5.41, 5.74) is 0. The van der Waals surface area contributed by atoms with Gasteiger partial charge in [-0.1, -0.05) is 0 Å². The third-order valence-corrected chi connectivity index (χ3v) is 2.53. The molecule has 0 aromatic carbocycles. The molecule has 19 heavy (non-hydrogen) atoms.